The van der Waals surface area contributed by atoms with Crippen LogP contribution in [0.2, 0.25) is 0 Å². The summed E-state index contributed by atoms with van der Waals surface area (Å²) in [5, 5.41) is 3.61. The van der Waals surface area contributed by atoms with Crippen LogP contribution in [0.25, 0.3) is 10.9 Å². The van der Waals surface area contributed by atoms with Crippen LogP contribution in [0.3, 0.4) is 0 Å². The van der Waals surface area contributed by atoms with Crippen molar-refractivity contribution in [2.24, 2.45) is 0 Å². The summed E-state index contributed by atoms with van der Waals surface area (Å²) in [6.45, 7) is 7.70. The lowest BCUT2D eigenvalue weighted by Crippen LogP contribution is -2.36. The lowest BCUT2D eigenvalue weighted by molar-refractivity contribution is 0.168. The van der Waals surface area contributed by atoms with E-state index in [2.05, 4.69) is 39.5 Å². The zero-order valence-corrected chi connectivity index (χ0v) is 22.6. The van der Waals surface area contributed by atoms with Gasteiger partial charge in [0, 0.05) is 28.9 Å². The monoisotopic (exact) mass is 533 g/mol. The average molecular weight is 534 g/mol. The summed E-state index contributed by atoms with van der Waals surface area (Å²) < 4.78 is 51.5. The number of hydrogen-bond acceptors (Lipinski definition) is 4. The van der Waals surface area contributed by atoms with E-state index >= 15 is 13.2 Å². The molecule has 4 aromatic rings. The lowest BCUT2D eigenvalue weighted by atomic mass is 9.89. The van der Waals surface area contributed by atoms with Gasteiger partial charge < -0.3 is 10.1 Å². The van der Waals surface area contributed by atoms with Gasteiger partial charge in [0.1, 0.15) is 12.3 Å². The van der Waals surface area contributed by atoms with Crippen molar-refractivity contribution in [2.75, 3.05) is 31.6 Å². The summed E-state index contributed by atoms with van der Waals surface area (Å²) in [5.41, 5.74) is 2.61. The predicted molar refractivity (Wildman–Crippen MR) is 151 cm³/mol. The van der Waals surface area contributed by atoms with Gasteiger partial charge in [0.05, 0.1) is 5.52 Å². The molecule has 0 saturated carbocycles. The van der Waals surface area contributed by atoms with E-state index in [1.165, 1.54) is 12.5 Å². The van der Waals surface area contributed by atoms with E-state index in [9.17, 15) is 0 Å². The smallest absolute Gasteiger partial charge is 0.194 e. The second-order valence-corrected chi connectivity index (χ2v) is 10.5. The zero-order chi connectivity index (χ0) is 27.5. The van der Waals surface area contributed by atoms with Crippen LogP contribution < -0.4 is 10.1 Å². The van der Waals surface area contributed by atoms with Crippen LogP contribution >= 0.6 is 0 Å². The van der Waals surface area contributed by atoms with Crippen molar-refractivity contribution < 1.29 is 17.9 Å². The fourth-order valence-electron chi connectivity index (χ4n) is 5.22. The maximum atomic E-state index is 15.6. The summed E-state index contributed by atoms with van der Waals surface area (Å²) in [6.07, 6.45) is 2.05. The zero-order valence-electron chi connectivity index (χ0n) is 22.6. The minimum atomic E-state index is -1.08. The van der Waals surface area contributed by atoms with Gasteiger partial charge in [-0.1, -0.05) is 62.4 Å². The molecule has 5 rings (SSSR count). The molecule has 7 heteroatoms. The van der Waals surface area contributed by atoms with E-state index in [1.54, 1.807) is 6.07 Å². The maximum absolute atomic E-state index is 15.6. The number of likely N-dealkylation sites (tertiary alicyclic amines) is 1. The third-order valence-corrected chi connectivity index (χ3v) is 7.60. The first-order chi connectivity index (χ1) is 18.8. The molecule has 3 aromatic carbocycles. The molecule has 204 valence electrons. The molecule has 1 N–H and O–H groups in total. The van der Waals surface area contributed by atoms with Crippen LogP contribution in [0, 0.1) is 24.4 Å². The van der Waals surface area contributed by atoms with Crippen LogP contribution in [0.1, 0.15) is 55.3 Å². The quantitative estimate of drug-likeness (QED) is 0.248. The Balaban J connectivity index is 1.32. The van der Waals surface area contributed by atoms with E-state index < -0.39 is 28.9 Å². The molecule has 0 bridgehead atoms. The SMILES string of the molecule is Cc1c(F)c(Nc2cc(C(C)C)nc3ccccc23)c(F)c(OCCN2CCC(c3ccccc3)CC2)c1F. The van der Waals surface area contributed by atoms with Crippen LogP contribution in [0.4, 0.5) is 24.5 Å². The van der Waals surface area contributed by atoms with Gasteiger partial charge in [0.2, 0.25) is 0 Å². The fraction of sp³-hybridized carbons (Fsp3) is 0.344. The molecule has 1 aliphatic rings. The highest BCUT2D eigenvalue weighted by Gasteiger charge is 2.26. The summed E-state index contributed by atoms with van der Waals surface area (Å²) in [4.78, 5) is 6.90. The number of aromatic nitrogens is 1. The molecule has 0 amide bonds. The van der Waals surface area contributed by atoms with Crippen molar-refractivity contribution in [3.63, 3.8) is 0 Å². The standard InChI is InChI=1S/C32H34F3N3O/c1-20(2)26-19-27(24-11-7-8-12-25(24)36-26)37-31-28(33)21(3)29(34)32(30(31)35)39-18-17-38-15-13-23(14-16-38)22-9-5-4-6-10-22/h4-12,19-20,23H,13-18H2,1-3H3,(H,36,37). The Morgan fingerprint density at radius 1 is 0.949 bits per heavy atom. The molecule has 0 spiro atoms. The number of ether oxygens (including phenoxy) is 1. The summed E-state index contributed by atoms with van der Waals surface area (Å²) >= 11 is 0. The molecule has 1 aliphatic heterocycles. The summed E-state index contributed by atoms with van der Waals surface area (Å²) in [6, 6.07) is 19.6. The van der Waals surface area contributed by atoms with E-state index in [0.717, 1.165) is 31.6 Å². The average Bonchev–Trinajstić information content (AvgIpc) is 2.96. The first-order valence-corrected chi connectivity index (χ1v) is 13.6. The Kier molecular flexibility index (Phi) is 8.07. The Bertz CT molecular complexity index is 1450. The first-order valence-electron chi connectivity index (χ1n) is 13.6. The van der Waals surface area contributed by atoms with Crippen LogP contribution in [-0.2, 0) is 0 Å². The molecular weight excluding hydrogens is 499 g/mol. The third kappa shape index (κ3) is 5.74. The molecular formula is C32H34F3N3O. The molecule has 2 heterocycles. The second-order valence-electron chi connectivity index (χ2n) is 10.5. The van der Waals surface area contributed by atoms with Gasteiger partial charge in [-0.15, -0.1) is 0 Å². The van der Waals surface area contributed by atoms with Gasteiger partial charge in [0.15, 0.2) is 23.2 Å². The van der Waals surface area contributed by atoms with Crippen molar-refractivity contribution >= 4 is 22.3 Å². The van der Waals surface area contributed by atoms with Gasteiger partial charge in [-0.05, 0) is 62.4 Å². The van der Waals surface area contributed by atoms with Crippen molar-refractivity contribution in [1.29, 1.82) is 0 Å². The number of fused-ring (bicyclic) bond motifs is 1. The minimum Gasteiger partial charge on any atom is -0.486 e. The molecule has 0 radical (unpaired) electrons. The number of benzene rings is 3. The van der Waals surface area contributed by atoms with E-state index in [0.29, 0.717) is 29.1 Å². The Labute approximate surface area is 227 Å². The number of halogens is 3. The van der Waals surface area contributed by atoms with Crippen molar-refractivity contribution in [1.82, 2.24) is 9.88 Å². The number of hydrogen-bond donors (Lipinski definition) is 1. The molecule has 1 saturated heterocycles. The summed E-state index contributed by atoms with van der Waals surface area (Å²) in [7, 11) is 0. The van der Waals surface area contributed by atoms with Crippen LogP contribution in [0.5, 0.6) is 5.75 Å². The van der Waals surface area contributed by atoms with Crippen LogP contribution in [0.15, 0.2) is 60.7 Å². The van der Waals surface area contributed by atoms with Gasteiger partial charge in [-0.3, -0.25) is 9.88 Å². The van der Waals surface area contributed by atoms with Gasteiger partial charge >= 0.3 is 0 Å². The van der Waals surface area contributed by atoms with E-state index in [4.69, 9.17) is 4.74 Å². The lowest BCUT2D eigenvalue weighted by Gasteiger charge is -2.32. The Morgan fingerprint density at radius 3 is 2.36 bits per heavy atom. The minimum absolute atomic E-state index is 0.101. The first kappa shape index (κ1) is 27.0. The maximum Gasteiger partial charge on any atom is 0.194 e. The van der Waals surface area contributed by atoms with E-state index in [1.807, 2.05) is 44.2 Å². The van der Waals surface area contributed by atoms with Gasteiger partial charge in [-0.25, -0.2) is 13.2 Å². The van der Waals surface area contributed by atoms with Crippen molar-refractivity contribution in [3.8, 4) is 5.75 Å². The van der Waals surface area contributed by atoms with Crippen LogP contribution in [-0.4, -0.2) is 36.1 Å². The number of nitrogens with one attached hydrogen (secondary N) is 1. The number of para-hydroxylation sites is 1. The largest absolute Gasteiger partial charge is 0.486 e. The van der Waals surface area contributed by atoms with Gasteiger partial charge in [0.25, 0.3) is 0 Å². The highest BCUT2D eigenvalue weighted by atomic mass is 19.1. The second kappa shape index (κ2) is 11.7. The normalized spacial score (nSPS) is 14.7. The number of anilines is 2. The Hall–Kier alpha value is -3.58. The Morgan fingerprint density at radius 2 is 1.64 bits per heavy atom. The fourth-order valence-corrected chi connectivity index (χ4v) is 5.22. The van der Waals surface area contributed by atoms with Gasteiger partial charge in [-0.2, -0.15) is 0 Å². The number of rotatable bonds is 8. The molecule has 4 nitrogen and oxygen atoms in total. The molecule has 39 heavy (non-hydrogen) atoms. The molecule has 0 aliphatic carbocycles. The summed E-state index contributed by atoms with van der Waals surface area (Å²) in [5.74, 6) is -3.00. The number of nitrogens with zero attached hydrogens (tertiary/aromatic N) is 2. The topological polar surface area (TPSA) is 37.4 Å². The number of pyridine rings is 1. The third-order valence-electron chi connectivity index (χ3n) is 7.60. The molecule has 0 unspecified atom stereocenters. The predicted octanol–water partition coefficient (Wildman–Crippen LogP) is 8.09. The molecule has 0 atom stereocenters. The molecule has 1 aromatic heterocycles. The van der Waals surface area contributed by atoms with Crippen molar-refractivity contribution in [3.05, 3.63) is 94.9 Å². The molecule has 1 fully saturated rings. The number of piperidine rings is 1. The highest BCUT2D eigenvalue weighted by molar-refractivity contribution is 5.93. The highest BCUT2D eigenvalue weighted by Crippen LogP contribution is 2.38. The van der Waals surface area contributed by atoms with Crippen molar-refractivity contribution in [2.45, 2.75) is 45.4 Å². The van der Waals surface area contributed by atoms with E-state index in [-0.39, 0.29) is 18.1 Å².